The van der Waals surface area contributed by atoms with Gasteiger partial charge in [0.15, 0.2) is 15.4 Å². The molecule has 2 heterocycles. The minimum Gasteiger partial charge on any atom is -0.505 e. The summed E-state index contributed by atoms with van der Waals surface area (Å²) in [5.41, 5.74) is -0.270. The van der Waals surface area contributed by atoms with Crippen LogP contribution in [-0.4, -0.2) is 26.8 Å². The molecule has 0 spiro atoms. The van der Waals surface area contributed by atoms with Gasteiger partial charge in [-0.2, -0.15) is 0 Å². The van der Waals surface area contributed by atoms with Crippen molar-refractivity contribution < 1.29 is 14.6 Å². The van der Waals surface area contributed by atoms with Gasteiger partial charge in [-0.15, -0.1) is 11.3 Å². The highest BCUT2D eigenvalue weighted by Crippen LogP contribution is 2.40. The molecule has 8 heteroatoms. The molecule has 0 atom stereocenters. The van der Waals surface area contributed by atoms with Crippen molar-refractivity contribution >= 4 is 39.7 Å². The van der Waals surface area contributed by atoms with Crippen molar-refractivity contribution in [2.24, 2.45) is 0 Å². The Balaban J connectivity index is 1.99. The minimum absolute atomic E-state index is 0.0633. The number of ether oxygens (including phenoxy) is 1. The van der Waals surface area contributed by atoms with Crippen LogP contribution in [0.1, 0.15) is 92.9 Å². The highest BCUT2D eigenvalue weighted by molar-refractivity contribution is 7.71. The molecule has 0 unspecified atom stereocenters. The van der Waals surface area contributed by atoms with Crippen molar-refractivity contribution in [1.29, 1.82) is 0 Å². The predicted molar refractivity (Wildman–Crippen MR) is 117 cm³/mol. The summed E-state index contributed by atoms with van der Waals surface area (Å²) in [7, 11) is 0. The molecule has 2 aromatic rings. The van der Waals surface area contributed by atoms with Gasteiger partial charge in [-0.1, -0.05) is 38.5 Å². The average Bonchev–Trinajstić information content (AvgIpc) is 3.07. The van der Waals surface area contributed by atoms with Crippen LogP contribution in [0.3, 0.4) is 0 Å². The molecule has 1 N–H and O–H groups in total. The number of nitrogens with zero attached hydrogens (tertiary/aromatic N) is 2. The lowest BCUT2D eigenvalue weighted by Crippen LogP contribution is -2.31. The van der Waals surface area contributed by atoms with Gasteiger partial charge in [-0.05, 0) is 44.8 Å². The van der Waals surface area contributed by atoms with Gasteiger partial charge >= 0.3 is 5.97 Å². The minimum atomic E-state index is -0.587. The standard InChI is InChI=1S/C21H28N2O4S2/c1-2-27-20(26)17-16(24)15-18(25)22(13-9-5-3-6-10-13)21(28)23(19(15)29-17)14-11-7-4-8-12-14/h13-14,24H,2-12H2,1H3. The second-order valence-corrected chi connectivity index (χ2v) is 9.46. The molecule has 2 aliphatic carbocycles. The van der Waals surface area contributed by atoms with E-state index in [1.807, 2.05) is 0 Å². The third-order valence-corrected chi connectivity index (χ3v) is 7.82. The van der Waals surface area contributed by atoms with Crippen molar-refractivity contribution in [2.75, 3.05) is 6.61 Å². The summed E-state index contributed by atoms with van der Waals surface area (Å²) < 4.78 is 9.44. The summed E-state index contributed by atoms with van der Waals surface area (Å²) in [6.07, 6.45) is 10.6. The maximum atomic E-state index is 13.5. The normalized spacial score (nSPS) is 18.9. The molecule has 0 bridgehead atoms. The Kier molecular flexibility index (Phi) is 6.11. The number of fused-ring (bicyclic) bond motifs is 1. The van der Waals surface area contributed by atoms with E-state index in [4.69, 9.17) is 17.0 Å². The van der Waals surface area contributed by atoms with Crippen LogP contribution in [0.2, 0.25) is 0 Å². The Labute approximate surface area is 179 Å². The molecular formula is C21H28N2O4S2. The second kappa shape index (κ2) is 8.60. The Morgan fingerprint density at radius 3 is 2.17 bits per heavy atom. The quantitative estimate of drug-likeness (QED) is 0.507. The van der Waals surface area contributed by atoms with Crippen LogP contribution in [0.4, 0.5) is 0 Å². The van der Waals surface area contributed by atoms with Gasteiger partial charge in [0, 0.05) is 12.1 Å². The summed E-state index contributed by atoms with van der Waals surface area (Å²) in [6.45, 7) is 1.94. The summed E-state index contributed by atoms with van der Waals surface area (Å²) in [6, 6.07) is 0.260. The molecule has 4 rings (SSSR count). The third-order valence-electron chi connectivity index (χ3n) is 6.27. The van der Waals surface area contributed by atoms with Crippen LogP contribution in [-0.2, 0) is 4.74 Å². The average molecular weight is 437 g/mol. The first-order valence-electron chi connectivity index (χ1n) is 10.7. The highest BCUT2D eigenvalue weighted by Gasteiger charge is 2.30. The first kappa shape index (κ1) is 20.6. The number of esters is 1. The number of aromatic hydroxyl groups is 1. The fourth-order valence-electron chi connectivity index (χ4n) is 4.84. The summed E-state index contributed by atoms with van der Waals surface area (Å²) in [5, 5.41) is 11.1. The summed E-state index contributed by atoms with van der Waals surface area (Å²) in [5.74, 6) is -0.839. The maximum absolute atomic E-state index is 13.5. The van der Waals surface area contributed by atoms with Gasteiger partial charge in [-0.3, -0.25) is 9.36 Å². The number of thiophene rings is 1. The lowest BCUT2D eigenvalue weighted by molar-refractivity contribution is 0.0529. The van der Waals surface area contributed by atoms with Gasteiger partial charge in [-0.25, -0.2) is 4.79 Å². The van der Waals surface area contributed by atoms with Crippen molar-refractivity contribution in [3.63, 3.8) is 0 Å². The number of carbonyl (C=O) groups is 1. The van der Waals surface area contributed by atoms with Crippen LogP contribution in [0.15, 0.2) is 4.79 Å². The zero-order chi connectivity index (χ0) is 20.5. The van der Waals surface area contributed by atoms with E-state index in [-0.39, 0.29) is 40.3 Å². The van der Waals surface area contributed by atoms with Crippen LogP contribution in [0.25, 0.3) is 10.2 Å². The molecule has 158 valence electrons. The highest BCUT2D eigenvalue weighted by atomic mass is 32.1. The molecular weight excluding hydrogens is 408 g/mol. The van der Waals surface area contributed by atoms with Crippen molar-refractivity contribution in [3.05, 3.63) is 20.0 Å². The fraction of sp³-hybridized carbons (Fsp3) is 0.667. The van der Waals surface area contributed by atoms with Gasteiger partial charge < -0.3 is 14.4 Å². The third kappa shape index (κ3) is 3.65. The van der Waals surface area contributed by atoms with Crippen molar-refractivity contribution in [1.82, 2.24) is 9.13 Å². The second-order valence-electron chi connectivity index (χ2n) is 8.09. The van der Waals surface area contributed by atoms with Gasteiger partial charge in [0.05, 0.1) is 6.61 Å². The first-order valence-corrected chi connectivity index (χ1v) is 12.0. The molecule has 2 aliphatic rings. The van der Waals surface area contributed by atoms with Gasteiger partial charge in [0.25, 0.3) is 5.56 Å². The molecule has 0 aliphatic heterocycles. The van der Waals surface area contributed by atoms with E-state index in [1.54, 1.807) is 11.5 Å². The molecule has 2 fully saturated rings. The maximum Gasteiger partial charge on any atom is 0.352 e. The molecule has 0 radical (unpaired) electrons. The number of hydrogen-bond acceptors (Lipinski definition) is 6. The molecule has 0 amide bonds. The van der Waals surface area contributed by atoms with E-state index in [0.29, 0.717) is 9.60 Å². The Hall–Kier alpha value is -1.67. The Morgan fingerprint density at radius 2 is 1.62 bits per heavy atom. The van der Waals surface area contributed by atoms with Gasteiger partial charge in [0.1, 0.15) is 10.2 Å². The smallest absolute Gasteiger partial charge is 0.352 e. The molecule has 29 heavy (non-hydrogen) atoms. The van der Waals surface area contributed by atoms with Crippen LogP contribution in [0, 0.1) is 4.77 Å². The number of aromatic nitrogens is 2. The first-order chi connectivity index (χ1) is 14.0. The van der Waals surface area contributed by atoms with Crippen molar-refractivity contribution in [2.45, 2.75) is 83.2 Å². The van der Waals surface area contributed by atoms with E-state index in [1.165, 1.54) is 12.8 Å². The van der Waals surface area contributed by atoms with E-state index in [2.05, 4.69) is 4.57 Å². The SMILES string of the molecule is CCOC(=O)c1sc2c(c1O)c(=O)n(C1CCCCC1)c(=S)n2C1CCCCC1. The number of hydrogen-bond donors (Lipinski definition) is 1. The predicted octanol–water partition coefficient (Wildman–Crippen LogP) is 5.49. The topological polar surface area (TPSA) is 73.5 Å². The lowest BCUT2D eigenvalue weighted by Gasteiger charge is -2.29. The van der Waals surface area contributed by atoms with E-state index < -0.39 is 5.97 Å². The lowest BCUT2D eigenvalue weighted by atomic mass is 9.94. The summed E-state index contributed by atoms with van der Waals surface area (Å²) >= 11 is 7.01. The van der Waals surface area contributed by atoms with E-state index in [9.17, 15) is 14.7 Å². The molecule has 0 saturated heterocycles. The van der Waals surface area contributed by atoms with E-state index in [0.717, 1.165) is 62.7 Å². The Morgan fingerprint density at radius 1 is 1.07 bits per heavy atom. The molecule has 2 aromatic heterocycles. The molecule has 0 aromatic carbocycles. The zero-order valence-corrected chi connectivity index (χ0v) is 18.4. The fourth-order valence-corrected chi connectivity index (χ4v) is 6.53. The zero-order valence-electron chi connectivity index (χ0n) is 16.8. The van der Waals surface area contributed by atoms with Crippen molar-refractivity contribution in [3.8, 4) is 5.75 Å². The van der Waals surface area contributed by atoms with Crippen LogP contribution >= 0.6 is 23.6 Å². The number of rotatable bonds is 4. The van der Waals surface area contributed by atoms with Gasteiger partial charge in [0.2, 0.25) is 0 Å². The van der Waals surface area contributed by atoms with Crippen LogP contribution in [0.5, 0.6) is 5.75 Å². The van der Waals surface area contributed by atoms with Crippen LogP contribution < -0.4 is 5.56 Å². The molecule has 6 nitrogen and oxygen atoms in total. The monoisotopic (exact) mass is 436 g/mol. The summed E-state index contributed by atoms with van der Waals surface area (Å²) in [4.78, 5) is 26.6. The largest absolute Gasteiger partial charge is 0.505 e. The molecule has 2 saturated carbocycles. The number of carbonyl (C=O) groups excluding carboxylic acids is 1. The van der Waals surface area contributed by atoms with E-state index >= 15 is 0 Å². The Bertz CT molecular complexity index is 1020.